The molecule has 21 heavy (non-hydrogen) atoms. The van der Waals surface area contributed by atoms with Crippen molar-refractivity contribution in [2.24, 2.45) is 0 Å². The lowest BCUT2D eigenvalue weighted by molar-refractivity contribution is 0.472. The lowest BCUT2D eigenvalue weighted by atomic mass is 10.3. The van der Waals surface area contributed by atoms with Gasteiger partial charge in [0.25, 0.3) is 5.19 Å². The number of nitrogens with zero attached hydrogens (tertiary/aromatic N) is 2. The lowest BCUT2D eigenvalue weighted by Gasteiger charge is -2.02. The summed E-state index contributed by atoms with van der Waals surface area (Å²) < 4.78 is 28.3. The molecule has 0 amide bonds. The highest BCUT2D eigenvalue weighted by Crippen LogP contribution is 2.26. The number of aromatic nitrogens is 2. The summed E-state index contributed by atoms with van der Waals surface area (Å²) in [6, 6.07) is 6.88. The normalized spacial score (nSPS) is 15.1. The summed E-state index contributed by atoms with van der Waals surface area (Å²) in [6.07, 6.45) is 3.64. The topological polar surface area (TPSA) is 81.2 Å². The Hall–Kier alpha value is -1.51. The van der Waals surface area contributed by atoms with Gasteiger partial charge in [-0.15, -0.1) is 5.10 Å². The van der Waals surface area contributed by atoms with Gasteiger partial charge in [0, 0.05) is 12.3 Å². The van der Waals surface area contributed by atoms with Crippen LogP contribution in [0.5, 0.6) is 10.9 Å². The maximum absolute atomic E-state index is 11.4. The zero-order valence-corrected chi connectivity index (χ0v) is 13.1. The fourth-order valence-electron chi connectivity index (χ4n) is 1.73. The average Bonchev–Trinajstić information content (AvgIpc) is 3.16. The standard InChI is InChI=1S/C13H15N3O3S2/c1-21(17,18)11-6-4-10(5-7-11)19-13-16-15-12(20-13)8-14-9-2-3-9/h4-7,9,14H,2-3,8H2,1H3. The molecule has 6 nitrogen and oxygen atoms in total. The molecule has 0 radical (unpaired) electrons. The lowest BCUT2D eigenvalue weighted by Crippen LogP contribution is -2.14. The second-order valence-electron chi connectivity index (χ2n) is 4.96. The van der Waals surface area contributed by atoms with E-state index in [1.165, 1.54) is 42.6 Å². The van der Waals surface area contributed by atoms with Crippen molar-refractivity contribution in [3.63, 3.8) is 0 Å². The molecule has 0 bridgehead atoms. The smallest absolute Gasteiger partial charge is 0.299 e. The Labute approximate surface area is 127 Å². The van der Waals surface area contributed by atoms with E-state index in [-0.39, 0.29) is 4.90 Å². The number of benzene rings is 1. The Bertz CT molecular complexity index is 721. The van der Waals surface area contributed by atoms with E-state index in [0.717, 1.165) is 5.01 Å². The van der Waals surface area contributed by atoms with E-state index >= 15 is 0 Å². The fraction of sp³-hybridized carbons (Fsp3) is 0.385. The van der Waals surface area contributed by atoms with E-state index in [1.807, 2.05) is 0 Å². The van der Waals surface area contributed by atoms with Crippen LogP contribution in [0.3, 0.4) is 0 Å². The molecule has 0 unspecified atom stereocenters. The fourth-order valence-corrected chi connectivity index (χ4v) is 3.01. The van der Waals surface area contributed by atoms with Crippen molar-refractivity contribution in [2.75, 3.05) is 6.26 Å². The third-order valence-electron chi connectivity index (χ3n) is 3.02. The van der Waals surface area contributed by atoms with Crippen molar-refractivity contribution in [3.05, 3.63) is 29.3 Å². The van der Waals surface area contributed by atoms with Gasteiger partial charge in [-0.25, -0.2) is 8.42 Å². The minimum absolute atomic E-state index is 0.265. The molecule has 1 heterocycles. The van der Waals surface area contributed by atoms with E-state index in [1.54, 1.807) is 12.1 Å². The largest absolute Gasteiger partial charge is 0.430 e. The SMILES string of the molecule is CS(=O)(=O)c1ccc(Oc2nnc(CNC3CC3)s2)cc1. The van der Waals surface area contributed by atoms with E-state index in [9.17, 15) is 8.42 Å². The second kappa shape index (κ2) is 5.70. The van der Waals surface area contributed by atoms with Gasteiger partial charge in [0.2, 0.25) is 0 Å². The second-order valence-corrected chi connectivity index (χ2v) is 8.00. The molecule has 1 aromatic heterocycles. The number of nitrogens with one attached hydrogen (secondary N) is 1. The summed E-state index contributed by atoms with van der Waals surface area (Å²) >= 11 is 1.38. The maximum Gasteiger partial charge on any atom is 0.299 e. The van der Waals surface area contributed by atoms with Gasteiger partial charge in [-0.1, -0.05) is 16.4 Å². The summed E-state index contributed by atoms with van der Waals surface area (Å²) in [6.45, 7) is 0.707. The van der Waals surface area contributed by atoms with Crippen molar-refractivity contribution in [1.29, 1.82) is 0 Å². The summed E-state index contributed by atoms with van der Waals surface area (Å²) in [7, 11) is -3.19. The quantitative estimate of drug-likeness (QED) is 0.875. The first-order valence-corrected chi connectivity index (χ1v) is 9.25. The zero-order valence-electron chi connectivity index (χ0n) is 11.4. The Kier molecular flexibility index (Phi) is 3.92. The van der Waals surface area contributed by atoms with Crippen molar-refractivity contribution in [1.82, 2.24) is 15.5 Å². The molecule has 1 saturated carbocycles. The number of rotatable bonds is 6. The van der Waals surface area contributed by atoms with Crippen LogP contribution in [0.25, 0.3) is 0 Å². The third kappa shape index (κ3) is 3.99. The van der Waals surface area contributed by atoms with Gasteiger partial charge in [-0.2, -0.15) is 0 Å². The molecule has 1 fully saturated rings. The number of hydrogen-bond donors (Lipinski definition) is 1. The monoisotopic (exact) mass is 325 g/mol. The van der Waals surface area contributed by atoms with E-state index in [2.05, 4.69) is 15.5 Å². The van der Waals surface area contributed by atoms with Gasteiger partial charge in [-0.3, -0.25) is 0 Å². The molecule has 0 spiro atoms. The summed E-state index contributed by atoms with van der Waals surface area (Å²) in [5.74, 6) is 0.542. The molecular weight excluding hydrogens is 310 g/mol. The van der Waals surface area contributed by atoms with E-state index in [4.69, 9.17) is 4.74 Å². The first-order chi connectivity index (χ1) is 10.0. The first kappa shape index (κ1) is 14.4. The highest BCUT2D eigenvalue weighted by atomic mass is 32.2. The van der Waals surface area contributed by atoms with Crippen LogP contribution in [0.1, 0.15) is 17.8 Å². The third-order valence-corrected chi connectivity index (χ3v) is 4.95. The van der Waals surface area contributed by atoms with Crippen molar-refractivity contribution >= 4 is 21.2 Å². The van der Waals surface area contributed by atoms with Crippen molar-refractivity contribution in [3.8, 4) is 10.9 Å². The van der Waals surface area contributed by atoms with Gasteiger partial charge in [0.05, 0.1) is 11.4 Å². The maximum atomic E-state index is 11.4. The van der Waals surface area contributed by atoms with Crippen LogP contribution in [-0.2, 0) is 16.4 Å². The minimum Gasteiger partial charge on any atom is -0.430 e. The molecule has 0 atom stereocenters. The van der Waals surface area contributed by atoms with Gasteiger partial charge in [-0.05, 0) is 37.1 Å². The molecule has 1 aliphatic carbocycles. The van der Waals surface area contributed by atoms with Crippen molar-refractivity contribution < 1.29 is 13.2 Å². The highest BCUT2D eigenvalue weighted by Gasteiger charge is 2.20. The van der Waals surface area contributed by atoms with Crippen LogP contribution in [0.4, 0.5) is 0 Å². The zero-order chi connectivity index (χ0) is 14.9. The van der Waals surface area contributed by atoms with Gasteiger partial charge < -0.3 is 10.1 Å². The predicted octanol–water partition coefficient (Wildman–Crippen LogP) is 1.99. The van der Waals surface area contributed by atoms with Gasteiger partial charge >= 0.3 is 0 Å². The first-order valence-electron chi connectivity index (χ1n) is 6.54. The molecule has 0 saturated heterocycles. The van der Waals surface area contributed by atoms with Crippen molar-refractivity contribution in [2.45, 2.75) is 30.3 Å². The number of sulfone groups is 1. The van der Waals surface area contributed by atoms with Gasteiger partial charge in [0.15, 0.2) is 9.84 Å². The van der Waals surface area contributed by atoms with E-state index < -0.39 is 9.84 Å². The van der Waals surface area contributed by atoms with Gasteiger partial charge in [0.1, 0.15) is 10.8 Å². The molecule has 0 aliphatic heterocycles. The Morgan fingerprint density at radius 3 is 2.62 bits per heavy atom. The summed E-state index contributed by atoms with van der Waals surface area (Å²) in [5.41, 5.74) is 0. The molecule has 1 N–H and O–H groups in total. The number of ether oxygens (including phenoxy) is 1. The number of hydrogen-bond acceptors (Lipinski definition) is 7. The van der Waals surface area contributed by atoms with Crippen LogP contribution in [0, 0.1) is 0 Å². The predicted molar refractivity (Wildman–Crippen MR) is 79.4 cm³/mol. The molecule has 2 aromatic rings. The molecule has 3 rings (SSSR count). The van der Waals surface area contributed by atoms with E-state index in [0.29, 0.717) is 23.5 Å². The van der Waals surface area contributed by atoms with Crippen LogP contribution in [0.15, 0.2) is 29.2 Å². The van der Waals surface area contributed by atoms with Crippen LogP contribution in [0.2, 0.25) is 0 Å². The molecular formula is C13H15N3O3S2. The average molecular weight is 325 g/mol. The highest BCUT2D eigenvalue weighted by molar-refractivity contribution is 7.90. The van der Waals surface area contributed by atoms with Crippen LogP contribution >= 0.6 is 11.3 Å². The molecule has 112 valence electrons. The Morgan fingerprint density at radius 1 is 1.29 bits per heavy atom. The molecule has 8 heteroatoms. The Balaban J connectivity index is 1.63. The van der Waals surface area contributed by atoms with Crippen LogP contribution < -0.4 is 10.1 Å². The van der Waals surface area contributed by atoms with Crippen LogP contribution in [-0.4, -0.2) is 30.9 Å². The minimum atomic E-state index is -3.19. The molecule has 1 aliphatic rings. The summed E-state index contributed by atoms with van der Waals surface area (Å²) in [5, 5.41) is 12.7. The summed E-state index contributed by atoms with van der Waals surface area (Å²) in [4.78, 5) is 0.265. The molecule has 1 aromatic carbocycles. The Morgan fingerprint density at radius 2 is 2.00 bits per heavy atom.